The van der Waals surface area contributed by atoms with E-state index in [1.807, 2.05) is 13.8 Å². The van der Waals surface area contributed by atoms with Crippen molar-refractivity contribution in [1.29, 1.82) is 5.26 Å². The van der Waals surface area contributed by atoms with Crippen molar-refractivity contribution in [3.05, 3.63) is 24.0 Å². The van der Waals surface area contributed by atoms with Crippen LogP contribution in [0.3, 0.4) is 0 Å². The molecule has 1 aromatic rings. The highest BCUT2D eigenvalue weighted by Gasteiger charge is 2.16. The van der Waals surface area contributed by atoms with Gasteiger partial charge in [-0.3, -0.25) is 0 Å². The van der Waals surface area contributed by atoms with E-state index in [0.29, 0.717) is 6.04 Å². The molecule has 1 N–H and O–H groups in total. The minimum atomic E-state index is -0.241. The third-order valence-electron chi connectivity index (χ3n) is 3.52. The fourth-order valence-corrected chi connectivity index (χ4v) is 2.09. The molecule has 19 heavy (non-hydrogen) atoms. The van der Waals surface area contributed by atoms with Gasteiger partial charge in [0, 0.05) is 25.0 Å². The number of nitriles is 1. The van der Waals surface area contributed by atoms with Crippen molar-refractivity contribution in [3.8, 4) is 6.07 Å². The summed E-state index contributed by atoms with van der Waals surface area (Å²) in [5, 5.41) is 12.6. The largest absolute Gasteiger partial charge is 0.354 e. The zero-order valence-electron chi connectivity index (χ0n) is 12.7. The zero-order chi connectivity index (χ0) is 14.3. The average Bonchev–Trinajstić information content (AvgIpc) is 2.86. The molecule has 1 rings (SSSR count). The summed E-state index contributed by atoms with van der Waals surface area (Å²) < 4.78 is 2.20. The Labute approximate surface area is 117 Å². The monoisotopic (exact) mass is 261 g/mol. The van der Waals surface area contributed by atoms with Crippen molar-refractivity contribution in [2.24, 2.45) is 5.41 Å². The number of hydrogen-bond donors (Lipinski definition) is 1. The Bertz CT molecular complexity index is 412. The summed E-state index contributed by atoms with van der Waals surface area (Å²) in [6.07, 6.45) is 7.49. The van der Waals surface area contributed by atoms with Crippen LogP contribution < -0.4 is 5.32 Å². The van der Waals surface area contributed by atoms with Crippen LogP contribution in [0.15, 0.2) is 18.5 Å². The predicted molar refractivity (Wildman–Crippen MR) is 79.8 cm³/mol. The first-order valence-electron chi connectivity index (χ1n) is 7.32. The maximum absolute atomic E-state index is 9.03. The second-order valence-electron chi connectivity index (χ2n) is 5.84. The lowest BCUT2D eigenvalue weighted by atomic mass is 9.91. The second kappa shape index (κ2) is 7.35. The fraction of sp³-hybridized carbons (Fsp3) is 0.688. The van der Waals surface area contributed by atoms with E-state index in [-0.39, 0.29) is 5.41 Å². The summed E-state index contributed by atoms with van der Waals surface area (Å²) in [7, 11) is 0. The minimum absolute atomic E-state index is 0.241. The van der Waals surface area contributed by atoms with Gasteiger partial charge in [-0.2, -0.15) is 5.26 Å². The van der Waals surface area contributed by atoms with E-state index in [1.165, 1.54) is 5.56 Å². The van der Waals surface area contributed by atoms with E-state index in [1.54, 1.807) is 0 Å². The van der Waals surface area contributed by atoms with Gasteiger partial charge in [0.1, 0.15) is 0 Å². The number of rotatable bonds is 8. The predicted octanol–water partition coefficient (Wildman–Crippen LogP) is 3.88. The molecular weight excluding hydrogens is 234 g/mol. The second-order valence-corrected chi connectivity index (χ2v) is 5.84. The molecule has 0 bridgehead atoms. The Morgan fingerprint density at radius 3 is 2.74 bits per heavy atom. The van der Waals surface area contributed by atoms with Gasteiger partial charge in [0.15, 0.2) is 0 Å². The van der Waals surface area contributed by atoms with Gasteiger partial charge in [-0.05, 0) is 51.3 Å². The lowest BCUT2D eigenvalue weighted by Gasteiger charge is -2.16. The maximum atomic E-state index is 9.03. The summed E-state index contributed by atoms with van der Waals surface area (Å²) in [6.45, 7) is 10.4. The van der Waals surface area contributed by atoms with Gasteiger partial charge in [-0.25, -0.2) is 0 Å². The molecule has 0 spiro atoms. The maximum Gasteiger partial charge on any atom is 0.0684 e. The number of aryl methyl sites for hydroxylation is 1. The molecule has 1 aromatic heterocycles. The molecule has 3 nitrogen and oxygen atoms in total. The molecule has 106 valence electrons. The summed E-state index contributed by atoms with van der Waals surface area (Å²) in [5.74, 6) is 0. The first kappa shape index (κ1) is 15.8. The average molecular weight is 261 g/mol. The van der Waals surface area contributed by atoms with Crippen molar-refractivity contribution < 1.29 is 0 Å². The number of nitrogens with one attached hydrogen (secondary N) is 1. The molecule has 0 saturated heterocycles. The highest BCUT2D eigenvalue weighted by Crippen LogP contribution is 2.21. The zero-order valence-corrected chi connectivity index (χ0v) is 12.7. The van der Waals surface area contributed by atoms with Crippen LogP contribution >= 0.6 is 0 Å². The van der Waals surface area contributed by atoms with E-state index in [9.17, 15) is 0 Å². The minimum Gasteiger partial charge on any atom is -0.354 e. The number of hydrogen-bond acceptors (Lipinski definition) is 2. The summed E-state index contributed by atoms with van der Waals surface area (Å²) in [4.78, 5) is 0. The quantitative estimate of drug-likeness (QED) is 0.771. The standard InChI is InChI=1S/C16H27N3/c1-5-9-18-15(6-2)14-7-10-19(12-14)11-8-16(3,4)13-17/h7,10,12,15,18H,5-6,8-9,11H2,1-4H3. The molecule has 0 fully saturated rings. The van der Waals surface area contributed by atoms with Crippen LogP contribution in [0.5, 0.6) is 0 Å². The Morgan fingerprint density at radius 1 is 1.42 bits per heavy atom. The van der Waals surface area contributed by atoms with Crippen molar-refractivity contribution in [3.63, 3.8) is 0 Å². The van der Waals surface area contributed by atoms with E-state index in [0.717, 1.165) is 32.4 Å². The topological polar surface area (TPSA) is 40.8 Å². The molecule has 0 aliphatic heterocycles. The van der Waals surface area contributed by atoms with E-state index in [2.05, 4.69) is 48.3 Å². The molecule has 0 radical (unpaired) electrons. The van der Waals surface area contributed by atoms with Crippen molar-refractivity contribution >= 4 is 0 Å². The fourth-order valence-electron chi connectivity index (χ4n) is 2.09. The summed E-state index contributed by atoms with van der Waals surface area (Å²) in [6, 6.07) is 4.99. The molecule has 0 aliphatic carbocycles. The SMILES string of the molecule is CCCNC(CC)c1ccn(CCC(C)(C)C#N)c1. The van der Waals surface area contributed by atoms with Crippen LogP contribution in [0.1, 0.15) is 58.6 Å². The highest BCUT2D eigenvalue weighted by atomic mass is 15.0. The van der Waals surface area contributed by atoms with Crippen LogP contribution in [-0.2, 0) is 6.54 Å². The molecule has 3 heteroatoms. The van der Waals surface area contributed by atoms with Crippen molar-refractivity contribution in [1.82, 2.24) is 9.88 Å². The van der Waals surface area contributed by atoms with E-state index in [4.69, 9.17) is 5.26 Å². The summed E-state index contributed by atoms with van der Waals surface area (Å²) >= 11 is 0. The Balaban J connectivity index is 2.58. The molecule has 0 aromatic carbocycles. The van der Waals surface area contributed by atoms with Gasteiger partial charge in [0.05, 0.1) is 11.5 Å². The van der Waals surface area contributed by atoms with Crippen molar-refractivity contribution in [2.75, 3.05) is 6.54 Å². The number of nitrogens with zero attached hydrogens (tertiary/aromatic N) is 2. The molecule has 1 atom stereocenters. The Kier molecular flexibility index (Phi) is 6.11. The summed E-state index contributed by atoms with van der Waals surface area (Å²) in [5.41, 5.74) is 1.11. The first-order chi connectivity index (χ1) is 9.02. The van der Waals surface area contributed by atoms with Gasteiger partial charge in [-0.1, -0.05) is 13.8 Å². The molecule has 0 aliphatic rings. The van der Waals surface area contributed by atoms with E-state index >= 15 is 0 Å². The van der Waals surface area contributed by atoms with E-state index < -0.39 is 0 Å². The van der Waals surface area contributed by atoms with Gasteiger partial charge < -0.3 is 9.88 Å². The van der Waals surface area contributed by atoms with Crippen molar-refractivity contribution in [2.45, 2.75) is 59.5 Å². The van der Waals surface area contributed by atoms with Crippen LogP contribution in [-0.4, -0.2) is 11.1 Å². The van der Waals surface area contributed by atoms with Gasteiger partial charge in [-0.15, -0.1) is 0 Å². The van der Waals surface area contributed by atoms with Crippen LogP contribution in [0.2, 0.25) is 0 Å². The normalized spacial score (nSPS) is 13.2. The number of aromatic nitrogens is 1. The highest BCUT2D eigenvalue weighted by molar-refractivity contribution is 5.15. The molecule has 0 amide bonds. The molecule has 1 heterocycles. The van der Waals surface area contributed by atoms with Gasteiger partial charge in [0.2, 0.25) is 0 Å². The Morgan fingerprint density at radius 2 is 2.16 bits per heavy atom. The molecular formula is C16H27N3. The smallest absolute Gasteiger partial charge is 0.0684 e. The third-order valence-corrected chi connectivity index (χ3v) is 3.52. The lowest BCUT2D eigenvalue weighted by Crippen LogP contribution is -2.21. The van der Waals surface area contributed by atoms with Crippen LogP contribution in [0, 0.1) is 16.7 Å². The van der Waals surface area contributed by atoms with Crippen LogP contribution in [0.25, 0.3) is 0 Å². The lowest BCUT2D eigenvalue weighted by molar-refractivity contribution is 0.413. The molecule has 0 saturated carbocycles. The first-order valence-corrected chi connectivity index (χ1v) is 7.32. The third kappa shape index (κ3) is 5.08. The van der Waals surface area contributed by atoms with Gasteiger partial charge in [0.25, 0.3) is 0 Å². The molecule has 1 unspecified atom stereocenters. The van der Waals surface area contributed by atoms with Gasteiger partial charge >= 0.3 is 0 Å². The van der Waals surface area contributed by atoms with Crippen LogP contribution in [0.4, 0.5) is 0 Å². The Hall–Kier alpha value is -1.27.